The Morgan fingerprint density at radius 1 is 1.24 bits per heavy atom. The first-order valence-electron chi connectivity index (χ1n) is 7.93. The van der Waals surface area contributed by atoms with Crippen LogP contribution in [0, 0.1) is 11.3 Å². The maximum Gasteiger partial charge on any atom is 0.239 e. The fourth-order valence-corrected chi connectivity index (χ4v) is 2.26. The van der Waals surface area contributed by atoms with E-state index in [9.17, 15) is 9.90 Å². The molecule has 0 unspecified atom stereocenters. The average molecular weight is 339 g/mol. The van der Waals surface area contributed by atoms with Crippen LogP contribution in [-0.4, -0.2) is 30.7 Å². The van der Waals surface area contributed by atoms with Crippen LogP contribution in [0.3, 0.4) is 0 Å². The predicted molar refractivity (Wildman–Crippen MR) is 93.7 cm³/mol. The van der Waals surface area contributed by atoms with Crippen molar-refractivity contribution in [1.82, 2.24) is 10.6 Å². The van der Waals surface area contributed by atoms with Crippen LogP contribution < -0.4 is 15.4 Å². The number of carbonyl (C=O) groups is 1. The molecule has 2 rings (SSSR count). The second-order valence-corrected chi connectivity index (χ2v) is 5.48. The second kappa shape index (κ2) is 9.42. The van der Waals surface area contributed by atoms with Crippen LogP contribution in [0.4, 0.5) is 0 Å². The number of nitriles is 1. The summed E-state index contributed by atoms with van der Waals surface area (Å²) in [7, 11) is 1.53. The molecule has 0 fully saturated rings. The highest BCUT2D eigenvalue weighted by Crippen LogP contribution is 2.15. The summed E-state index contributed by atoms with van der Waals surface area (Å²) < 4.78 is 5.72. The zero-order valence-electron chi connectivity index (χ0n) is 14.0. The van der Waals surface area contributed by atoms with Crippen LogP contribution in [0.2, 0.25) is 0 Å². The quantitative estimate of drug-likeness (QED) is 0.675. The Kier molecular flexibility index (Phi) is 6.96. The molecule has 130 valence electrons. The molecule has 1 atom stereocenters. The third-order valence-electron chi connectivity index (χ3n) is 3.68. The number of amides is 1. The van der Waals surface area contributed by atoms with Gasteiger partial charge in [0.05, 0.1) is 18.2 Å². The number of hydrogen-bond donors (Lipinski definition) is 3. The third-order valence-corrected chi connectivity index (χ3v) is 3.68. The molecular weight excluding hydrogens is 318 g/mol. The van der Waals surface area contributed by atoms with Gasteiger partial charge in [-0.25, -0.2) is 0 Å². The Balaban J connectivity index is 1.87. The molecule has 2 aromatic carbocycles. The standard InChI is InChI=1S/C19H21N3O3/c1-21-19(24)18(12-23)22-11-14-5-7-17(8-6-14)25-13-16-4-2-3-15(9-16)10-20/h2-9,18,22-23H,11-13H2,1H3,(H,21,24)/t18-/m1/s1. The maximum atomic E-state index is 11.5. The molecule has 0 bridgehead atoms. The van der Waals surface area contributed by atoms with Gasteiger partial charge in [0.25, 0.3) is 0 Å². The first-order chi connectivity index (χ1) is 12.2. The number of aliphatic hydroxyl groups is 1. The predicted octanol–water partition coefficient (Wildman–Crippen LogP) is 1.33. The first kappa shape index (κ1) is 18.5. The molecule has 3 N–H and O–H groups in total. The van der Waals surface area contributed by atoms with E-state index < -0.39 is 6.04 Å². The SMILES string of the molecule is CNC(=O)[C@@H](CO)NCc1ccc(OCc2cccc(C#N)c2)cc1. The minimum absolute atomic E-state index is 0.248. The lowest BCUT2D eigenvalue weighted by atomic mass is 10.1. The number of carbonyl (C=O) groups excluding carboxylic acids is 1. The van der Waals surface area contributed by atoms with E-state index in [2.05, 4.69) is 16.7 Å². The molecule has 0 aliphatic heterocycles. The van der Waals surface area contributed by atoms with Crippen molar-refractivity contribution >= 4 is 5.91 Å². The van der Waals surface area contributed by atoms with Crippen molar-refractivity contribution in [3.05, 3.63) is 65.2 Å². The fraction of sp³-hybridized carbons (Fsp3) is 0.263. The molecule has 6 nitrogen and oxygen atoms in total. The van der Waals surface area contributed by atoms with E-state index in [1.165, 1.54) is 7.05 Å². The lowest BCUT2D eigenvalue weighted by molar-refractivity contribution is -0.123. The summed E-state index contributed by atoms with van der Waals surface area (Å²) in [6.45, 7) is 0.585. The average Bonchev–Trinajstić information content (AvgIpc) is 2.67. The number of ether oxygens (including phenoxy) is 1. The minimum atomic E-state index is -0.631. The third kappa shape index (κ3) is 5.60. The summed E-state index contributed by atoms with van der Waals surface area (Å²) in [5.74, 6) is 0.471. The molecule has 0 spiro atoms. The number of rotatable bonds is 8. The smallest absolute Gasteiger partial charge is 0.239 e. The molecule has 0 saturated heterocycles. The molecule has 0 saturated carbocycles. The summed E-state index contributed by atoms with van der Waals surface area (Å²) in [5, 5.41) is 23.6. The summed E-state index contributed by atoms with van der Waals surface area (Å²) in [5.41, 5.74) is 2.51. The molecule has 6 heteroatoms. The summed E-state index contributed by atoms with van der Waals surface area (Å²) in [4.78, 5) is 11.5. The van der Waals surface area contributed by atoms with Crippen molar-refractivity contribution in [1.29, 1.82) is 5.26 Å². The van der Waals surface area contributed by atoms with Gasteiger partial charge in [-0.05, 0) is 35.4 Å². The van der Waals surface area contributed by atoms with Crippen LogP contribution in [0.5, 0.6) is 5.75 Å². The molecule has 0 heterocycles. The highest BCUT2D eigenvalue weighted by Gasteiger charge is 2.14. The van der Waals surface area contributed by atoms with Crippen LogP contribution in [0.15, 0.2) is 48.5 Å². The zero-order valence-corrected chi connectivity index (χ0v) is 14.0. The van der Waals surface area contributed by atoms with E-state index in [1.807, 2.05) is 36.4 Å². The van der Waals surface area contributed by atoms with Crippen molar-refractivity contribution < 1.29 is 14.6 Å². The van der Waals surface area contributed by atoms with Crippen molar-refractivity contribution in [3.8, 4) is 11.8 Å². The number of benzene rings is 2. The molecule has 0 aliphatic rings. The molecule has 0 aromatic heterocycles. The van der Waals surface area contributed by atoms with Crippen molar-refractivity contribution in [3.63, 3.8) is 0 Å². The zero-order chi connectivity index (χ0) is 18.1. The van der Waals surface area contributed by atoms with Gasteiger partial charge in [0, 0.05) is 13.6 Å². The molecule has 1 amide bonds. The number of nitrogens with one attached hydrogen (secondary N) is 2. The van der Waals surface area contributed by atoms with E-state index in [0.29, 0.717) is 18.7 Å². The van der Waals surface area contributed by atoms with Gasteiger partial charge in [-0.1, -0.05) is 24.3 Å². The van der Waals surface area contributed by atoms with Crippen LogP contribution in [0.25, 0.3) is 0 Å². The Hall–Kier alpha value is -2.88. The highest BCUT2D eigenvalue weighted by atomic mass is 16.5. The Morgan fingerprint density at radius 3 is 2.64 bits per heavy atom. The van der Waals surface area contributed by atoms with Crippen LogP contribution in [0.1, 0.15) is 16.7 Å². The summed E-state index contributed by atoms with van der Waals surface area (Å²) >= 11 is 0. The van der Waals surface area contributed by atoms with Gasteiger partial charge in [-0.2, -0.15) is 5.26 Å². The van der Waals surface area contributed by atoms with Crippen LogP contribution in [-0.2, 0) is 17.9 Å². The van der Waals surface area contributed by atoms with Gasteiger partial charge in [0.2, 0.25) is 5.91 Å². The molecule has 0 radical (unpaired) electrons. The van der Waals surface area contributed by atoms with E-state index in [1.54, 1.807) is 12.1 Å². The van der Waals surface area contributed by atoms with Gasteiger partial charge >= 0.3 is 0 Å². The largest absolute Gasteiger partial charge is 0.489 e. The van der Waals surface area contributed by atoms with E-state index in [0.717, 1.165) is 16.9 Å². The number of nitrogens with zero attached hydrogens (tertiary/aromatic N) is 1. The number of likely N-dealkylation sites (N-methyl/N-ethyl adjacent to an activating group) is 1. The van der Waals surface area contributed by atoms with Gasteiger partial charge in [-0.3, -0.25) is 10.1 Å². The first-order valence-corrected chi connectivity index (χ1v) is 7.93. The maximum absolute atomic E-state index is 11.5. The molecule has 2 aromatic rings. The highest BCUT2D eigenvalue weighted by molar-refractivity contribution is 5.81. The number of aliphatic hydroxyl groups excluding tert-OH is 1. The molecular formula is C19H21N3O3. The lowest BCUT2D eigenvalue weighted by Gasteiger charge is -2.14. The van der Waals surface area contributed by atoms with E-state index in [4.69, 9.17) is 10.00 Å². The molecule has 0 aliphatic carbocycles. The van der Waals surface area contributed by atoms with Crippen LogP contribution >= 0.6 is 0 Å². The summed E-state index contributed by atoms with van der Waals surface area (Å²) in [6, 6.07) is 16.2. The van der Waals surface area contributed by atoms with Gasteiger partial charge < -0.3 is 15.2 Å². The molecule has 25 heavy (non-hydrogen) atoms. The van der Waals surface area contributed by atoms with E-state index in [-0.39, 0.29) is 12.5 Å². The fourth-order valence-electron chi connectivity index (χ4n) is 2.26. The van der Waals surface area contributed by atoms with Gasteiger partial charge in [0.15, 0.2) is 0 Å². The van der Waals surface area contributed by atoms with Crippen molar-refractivity contribution in [2.45, 2.75) is 19.2 Å². The second-order valence-electron chi connectivity index (χ2n) is 5.48. The topological polar surface area (TPSA) is 94.4 Å². The van der Waals surface area contributed by atoms with E-state index >= 15 is 0 Å². The van der Waals surface area contributed by atoms with Gasteiger partial charge in [0.1, 0.15) is 18.4 Å². The normalized spacial score (nSPS) is 11.4. The van der Waals surface area contributed by atoms with Crippen molar-refractivity contribution in [2.24, 2.45) is 0 Å². The number of hydrogen-bond acceptors (Lipinski definition) is 5. The Bertz CT molecular complexity index is 738. The Morgan fingerprint density at radius 2 is 2.00 bits per heavy atom. The Labute approximate surface area is 147 Å². The minimum Gasteiger partial charge on any atom is -0.489 e. The monoisotopic (exact) mass is 339 g/mol. The lowest BCUT2D eigenvalue weighted by Crippen LogP contribution is -2.44. The summed E-state index contributed by atoms with van der Waals surface area (Å²) in [6.07, 6.45) is 0. The van der Waals surface area contributed by atoms with Crippen molar-refractivity contribution in [2.75, 3.05) is 13.7 Å². The van der Waals surface area contributed by atoms with Gasteiger partial charge in [-0.15, -0.1) is 0 Å².